The summed E-state index contributed by atoms with van der Waals surface area (Å²) >= 11 is 0. The molecule has 0 fully saturated rings. The van der Waals surface area contributed by atoms with E-state index in [0.717, 1.165) is 18.5 Å². The Balaban J connectivity index is 1.87. The number of carbonyl (C=O) groups excluding carboxylic acids is 1. The third kappa shape index (κ3) is 2.84. The summed E-state index contributed by atoms with van der Waals surface area (Å²) in [5.41, 5.74) is 3.26. The van der Waals surface area contributed by atoms with Crippen molar-refractivity contribution in [3.05, 3.63) is 47.3 Å². The fourth-order valence-corrected chi connectivity index (χ4v) is 2.96. The lowest BCUT2D eigenvalue weighted by Gasteiger charge is -2.31. The summed E-state index contributed by atoms with van der Waals surface area (Å²) in [5, 5.41) is 12.9. The topological polar surface area (TPSA) is 75.4 Å². The molecule has 1 aromatic carbocycles. The Labute approximate surface area is 134 Å². The molecule has 6 nitrogen and oxygen atoms in total. The van der Waals surface area contributed by atoms with E-state index in [1.807, 2.05) is 19.1 Å². The van der Waals surface area contributed by atoms with Gasteiger partial charge >= 0.3 is 5.97 Å². The van der Waals surface area contributed by atoms with E-state index in [1.54, 1.807) is 11.8 Å². The van der Waals surface area contributed by atoms with E-state index in [4.69, 9.17) is 5.11 Å². The fraction of sp³-hybridized carbons (Fsp3) is 0.353. The summed E-state index contributed by atoms with van der Waals surface area (Å²) in [6.07, 6.45) is 3.43. The van der Waals surface area contributed by atoms with Gasteiger partial charge in [-0.3, -0.25) is 9.48 Å². The molecule has 1 aliphatic heterocycles. The van der Waals surface area contributed by atoms with Gasteiger partial charge in [0.05, 0.1) is 0 Å². The smallest absolute Gasteiger partial charge is 0.356 e. The molecule has 23 heavy (non-hydrogen) atoms. The molecule has 3 rings (SSSR count). The summed E-state index contributed by atoms with van der Waals surface area (Å²) in [6, 6.07) is 6.97. The first kappa shape index (κ1) is 15.3. The lowest BCUT2D eigenvalue weighted by atomic mass is 9.99. The highest BCUT2D eigenvalue weighted by Gasteiger charge is 2.28. The van der Waals surface area contributed by atoms with Gasteiger partial charge in [0.25, 0.3) is 5.91 Å². The quantitative estimate of drug-likeness (QED) is 0.944. The molecule has 0 radical (unpaired) electrons. The Kier molecular flexibility index (Phi) is 3.90. The number of benzene rings is 1. The van der Waals surface area contributed by atoms with Crippen molar-refractivity contribution >= 4 is 17.6 Å². The first-order valence-corrected chi connectivity index (χ1v) is 7.66. The zero-order valence-corrected chi connectivity index (χ0v) is 13.2. The van der Waals surface area contributed by atoms with Crippen molar-refractivity contribution in [2.45, 2.75) is 32.7 Å². The van der Waals surface area contributed by atoms with Crippen molar-refractivity contribution in [2.24, 2.45) is 0 Å². The number of carboxylic acid groups (broad SMARTS) is 1. The minimum atomic E-state index is -1.10. The highest BCUT2D eigenvalue weighted by atomic mass is 16.4. The van der Waals surface area contributed by atoms with Crippen LogP contribution in [0.1, 0.15) is 41.0 Å². The van der Waals surface area contributed by atoms with Crippen LogP contribution in [0.15, 0.2) is 30.5 Å². The minimum Gasteiger partial charge on any atom is -0.476 e. The van der Waals surface area contributed by atoms with Crippen LogP contribution in [0.4, 0.5) is 5.69 Å². The fourth-order valence-electron chi connectivity index (χ4n) is 2.96. The Hall–Kier alpha value is -2.63. The van der Waals surface area contributed by atoms with Gasteiger partial charge in [-0.15, -0.1) is 0 Å². The van der Waals surface area contributed by atoms with Crippen LogP contribution in [0.5, 0.6) is 0 Å². The van der Waals surface area contributed by atoms with Gasteiger partial charge in [-0.25, -0.2) is 4.79 Å². The summed E-state index contributed by atoms with van der Waals surface area (Å²) in [6.45, 7) is 4.45. The number of amides is 1. The second-order valence-corrected chi connectivity index (χ2v) is 5.89. The van der Waals surface area contributed by atoms with Crippen LogP contribution < -0.4 is 4.90 Å². The molecular formula is C17H19N3O3. The molecule has 1 amide bonds. The van der Waals surface area contributed by atoms with E-state index in [-0.39, 0.29) is 11.6 Å². The number of fused-ring (bicyclic) bond motifs is 1. The van der Waals surface area contributed by atoms with Gasteiger partial charge in [0.2, 0.25) is 0 Å². The molecular weight excluding hydrogens is 294 g/mol. The Morgan fingerprint density at radius 3 is 2.78 bits per heavy atom. The van der Waals surface area contributed by atoms with Crippen molar-refractivity contribution in [3.63, 3.8) is 0 Å². The van der Waals surface area contributed by atoms with Crippen molar-refractivity contribution < 1.29 is 14.7 Å². The van der Waals surface area contributed by atoms with Crippen LogP contribution in [-0.2, 0) is 11.2 Å². The summed E-state index contributed by atoms with van der Waals surface area (Å²) in [5.74, 6) is -1.17. The number of carboxylic acids is 1. The number of aromatic nitrogens is 2. The molecule has 0 aliphatic carbocycles. The van der Waals surface area contributed by atoms with Crippen molar-refractivity contribution in [1.82, 2.24) is 9.78 Å². The van der Waals surface area contributed by atoms with Gasteiger partial charge in [0.15, 0.2) is 5.69 Å². The molecule has 0 spiro atoms. The van der Waals surface area contributed by atoms with Crippen LogP contribution in [0.25, 0.3) is 0 Å². The number of rotatable bonds is 3. The molecule has 1 atom stereocenters. The Bertz CT molecular complexity index is 766. The largest absolute Gasteiger partial charge is 0.476 e. The van der Waals surface area contributed by atoms with Crippen molar-refractivity contribution in [2.75, 3.05) is 11.4 Å². The average molecular weight is 313 g/mol. The van der Waals surface area contributed by atoms with Crippen molar-refractivity contribution in [3.8, 4) is 0 Å². The summed E-state index contributed by atoms with van der Waals surface area (Å²) in [7, 11) is 0. The number of hydrogen-bond acceptors (Lipinski definition) is 3. The number of carbonyl (C=O) groups is 2. The number of aryl methyl sites for hydroxylation is 2. The molecule has 2 heterocycles. The molecule has 1 N–H and O–H groups in total. The zero-order valence-electron chi connectivity index (χ0n) is 13.2. The molecule has 0 saturated carbocycles. The Morgan fingerprint density at radius 1 is 1.30 bits per heavy atom. The summed E-state index contributed by atoms with van der Waals surface area (Å²) in [4.78, 5) is 25.6. The van der Waals surface area contributed by atoms with Gasteiger partial charge in [0.1, 0.15) is 6.04 Å². The highest BCUT2D eigenvalue weighted by molar-refractivity contribution is 5.97. The SMILES string of the molecule is Cc1ccc2c(c1)CCCN2C(=O)C(C)n1ccc(C(=O)O)n1. The highest BCUT2D eigenvalue weighted by Crippen LogP contribution is 2.29. The molecule has 1 aliphatic rings. The predicted molar refractivity (Wildman–Crippen MR) is 85.8 cm³/mol. The molecule has 0 bridgehead atoms. The Morgan fingerprint density at radius 2 is 2.09 bits per heavy atom. The zero-order chi connectivity index (χ0) is 16.6. The third-order valence-corrected chi connectivity index (χ3v) is 4.20. The van der Waals surface area contributed by atoms with Crippen LogP contribution in [0.3, 0.4) is 0 Å². The number of nitrogens with zero attached hydrogens (tertiary/aromatic N) is 3. The van der Waals surface area contributed by atoms with Gasteiger partial charge in [-0.1, -0.05) is 17.7 Å². The van der Waals surface area contributed by atoms with E-state index in [2.05, 4.69) is 11.2 Å². The molecule has 2 aromatic rings. The van der Waals surface area contributed by atoms with Crippen LogP contribution in [-0.4, -0.2) is 33.3 Å². The van der Waals surface area contributed by atoms with E-state index in [1.165, 1.54) is 28.1 Å². The number of hydrogen-bond donors (Lipinski definition) is 1. The first-order chi connectivity index (χ1) is 11.0. The maximum Gasteiger partial charge on any atom is 0.356 e. The molecule has 120 valence electrons. The molecule has 1 unspecified atom stereocenters. The number of anilines is 1. The van der Waals surface area contributed by atoms with Gasteiger partial charge < -0.3 is 10.0 Å². The van der Waals surface area contributed by atoms with Crippen LogP contribution in [0.2, 0.25) is 0 Å². The maximum atomic E-state index is 12.8. The summed E-state index contributed by atoms with van der Waals surface area (Å²) < 4.78 is 1.41. The lowest BCUT2D eigenvalue weighted by Crippen LogP contribution is -2.39. The van der Waals surface area contributed by atoms with Crippen LogP contribution >= 0.6 is 0 Å². The lowest BCUT2D eigenvalue weighted by molar-refractivity contribution is -0.121. The molecule has 0 saturated heterocycles. The second-order valence-electron chi connectivity index (χ2n) is 5.89. The second kappa shape index (κ2) is 5.87. The third-order valence-electron chi connectivity index (χ3n) is 4.20. The normalized spacial score (nSPS) is 15.1. The van der Waals surface area contributed by atoms with E-state index in [9.17, 15) is 9.59 Å². The first-order valence-electron chi connectivity index (χ1n) is 7.66. The van der Waals surface area contributed by atoms with Crippen molar-refractivity contribution in [1.29, 1.82) is 0 Å². The number of aromatic carboxylic acids is 1. The maximum absolute atomic E-state index is 12.8. The molecule has 1 aromatic heterocycles. The van der Waals surface area contributed by atoms with Gasteiger partial charge in [0, 0.05) is 18.4 Å². The molecule has 6 heteroatoms. The standard InChI is InChI=1S/C17H19N3O3/c1-11-5-6-15-13(10-11)4-3-8-19(15)16(21)12(2)20-9-7-14(18-20)17(22)23/h5-7,9-10,12H,3-4,8H2,1-2H3,(H,22,23). The van der Waals surface area contributed by atoms with E-state index in [0.29, 0.717) is 6.54 Å². The van der Waals surface area contributed by atoms with Gasteiger partial charge in [-0.2, -0.15) is 5.10 Å². The van der Waals surface area contributed by atoms with E-state index >= 15 is 0 Å². The monoisotopic (exact) mass is 313 g/mol. The van der Waals surface area contributed by atoms with Crippen LogP contribution in [0, 0.1) is 6.92 Å². The average Bonchev–Trinajstić information content (AvgIpc) is 3.02. The van der Waals surface area contributed by atoms with E-state index < -0.39 is 12.0 Å². The minimum absolute atomic E-state index is 0.0562. The predicted octanol–water partition coefficient (Wildman–Crippen LogP) is 2.43. The van der Waals surface area contributed by atoms with Gasteiger partial charge in [-0.05, 0) is 44.4 Å².